The molecule has 21 heavy (non-hydrogen) atoms. The highest BCUT2D eigenvalue weighted by atomic mass is 16.5. The minimum absolute atomic E-state index is 0.0257. The Kier molecular flexibility index (Phi) is 9.11. The Bertz CT molecular complexity index is 496. The van der Waals surface area contributed by atoms with E-state index in [2.05, 4.69) is 11.2 Å². The van der Waals surface area contributed by atoms with Gasteiger partial charge in [0, 0.05) is 20.1 Å². The number of allylic oxidation sites excluding steroid dienone is 5. The Morgan fingerprint density at radius 1 is 1.38 bits per heavy atom. The van der Waals surface area contributed by atoms with Gasteiger partial charge in [0.05, 0.1) is 5.70 Å². The third-order valence-electron chi connectivity index (χ3n) is 2.60. The number of carbonyl (C=O) groups excluding carboxylic acids is 2. The maximum absolute atomic E-state index is 12.0. The average Bonchev–Trinajstić information content (AvgIpc) is 2.49. The number of carbonyl (C=O) groups is 2. The van der Waals surface area contributed by atoms with Crippen molar-refractivity contribution in [3.63, 3.8) is 0 Å². The van der Waals surface area contributed by atoms with Crippen molar-refractivity contribution < 1.29 is 14.3 Å². The predicted octanol–water partition coefficient (Wildman–Crippen LogP) is 1.59. The number of terminal acetylenes is 1. The van der Waals surface area contributed by atoms with Gasteiger partial charge in [-0.1, -0.05) is 12.0 Å². The third-order valence-corrected chi connectivity index (χ3v) is 2.60. The number of nitrogens with one attached hydrogen (secondary N) is 1. The number of ether oxygens (including phenoxy) is 1. The summed E-state index contributed by atoms with van der Waals surface area (Å²) in [6.07, 6.45) is 10.3. The topological polar surface area (TPSA) is 58.6 Å². The van der Waals surface area contributed by atoms with Crippen molar-refractivity contribution in [3.05, 3.63) is 35.3 Å². The normalized spacial score (nSPS) is 12.4. The summed E-state index contributed by atoms with van der Waals surface area (Å²) in [6, 6.07) is 0. The summed E-state index contributed by atoms with van der Waals surface area (Å²) < 4.78 is 4.75. The molecule has 0 bridgehead atoms. The molecule has 0 aliphatic carbocycles. The van der Waals surface area contributed by atoms with Crippen molar-refractivity contribution in [2.75, 3.05) is 20.1 Å². The lowest BCUT2D eigenvalue weighted by Crippen LogP contribution is -2.28. The van der Waals surface area contributed by atoms with E-state index < -0.39 is 0 Å². The van der Waals surface area contributed by atoms with Crippen molar-refractivity contribution in [1.82, 2.24) is 10.2 Å². The van der Waals surface area contributed by atoms with E-state index in [0.29, 0.717) is 12.2 Å². The van der Waals surface area contributed by atoms with E-state index in [0.717, 1.165) is 12.1 Å². The van der Waals surface area contributed by atoms with Crippen LogP contribution in [0, 0.1) is 12.3 Å². The van der Waals surface area contributed by atoms with Gasteiger partial charge in [-0.3, -0.25) is 9.59 Å². The summed E-state index contributed by atoms with van der Waals surface area (Å²) in [6.45, 7) is 7.03. The number of amides is 1. The molecule has 0 heterocycles. The molecule has 5 heteroatoms. The summed E-state index contributed by atoms with van der Waals surface area (Å²) in [5.74, 6) is 2.13. The van der Waals surface area contributed by atoms with Crippen molar-refractivity contribution in [1.29, 1.82) is 0 Å². The molecule has 0 rings (SSSR count). The van der Waals surface area contributed by atoms with E-state index in [1.165, 1.54) is 11.0 Å². The fraction of sp³-hybridized carbons (Fsp3) is 0.375. The standard InChI is InChI=1S/C16H22N2O3/c1-6-14(17-7-2)10-9-13(4)11-15(21-12-19)16(20)18(5)8-3/h1,9-12,17H,7-8H2,2-5H3/b13-9+,14-10+,15-11+. The van der Waals surface area contributed by atoms with Gasteiger partial charge in [-0.15, -0.1) is 6.42 Å². The van der Waals surface area contributed by atoms with Gasteiger partial charge in [0.25, 0.3) is 12.4 Å². The number of likely N-dealkylation sites (N-methyl/N-ethyl adjacent to an activating group) is 1. The Labute approximate surface area is 126 Å². The molecule has 0 saturated carbocycles. The smallest absolute Gasteiger partial charge is 0.298 e. The van der Waals surface area contributed by atoms with Gasteiger partial charge in [-0.2, -0.15) is 0 Å². The molecular formula is C16H22N2O3. The van der Waals surface area contributed by atoms with E-state index in [1.54, 1.807) is 26.1 Å². The predicted molar refractivity (Wildman–Crippen MR) is 82.9 cm³/mol. The molecular weight excluding hydrogens is 268 g/mol. The van der Waals surface area contributed by atoms with Crippen LogP contribution in [0.3, 0.4) is 0 Å². The molecule has 114 valence electrons. The van der Waals surface area contributed by atoms with Gasteiger partial charge in [0.15, 0.2) is 5.76 Å². The largest absolute Gasteiger partial charge is 0.423 e. The average molecular weight is 290 g/mol. The van der Waals surface area contributed by atoms with Crippen LogP contribution in [-0.4, -0.2) is 37.4 Å². The molecule has 0 aliphatic rings. The molecule has 0 unspecified atom stereocenters. The maximum Gasteiger partial charge on any atom is 0.298 e. The van der Waals surface area contributed by atoms with Crippen LogP contribution in [0.4, 0.5) is 0 Å². The summed E-state index contributed by atoms with van der Waals surface area (Å²) >= 11 is 0. The SMILES string of the molecule is C#C\C(=C/C=C(C)/C=C(/OC=O)C(=O)N(C)CC)NCC. The molecule has 1 amide bonds. The summed E-state index contributed by atoms with van der Waals surface area (Å²) in [7, 11) is 1.63. The fourth-order valence-electron chi connectivity index (χ4n) is 1.35. The molecule has 0 aliphatic heterocycles. The zero-order valence-electron chi connectivity index (χ0n) is 13.0. The van der Waals surface area contributed by atoms with Gasteiger partial charge in [-0.25, -0.2) is 0 Å². The van der Waals surface area contributed by atoms with Crippen LogP contribution in [0.2, 0.25) is 0 Å². The lowest BCUT2D eigenvalue weighted by Gasteiger charge is -2.15. The highest BCUT2D eigenvalue weighted by Crippen LogP contribution is 2.07. The van der Waals surface area contributed by atoms with Crippen LogP contribution < -0.4 is 5.32 Å². The van der Waals surface area contributed by atoms with E-state index in [4.69, 9.17) is 11.2 Å². The van der Waals surface area contributed by atoms with Crippen LogP contribution in [0.5, 0.6) is 0 Å². The maximum atomic E-state index is 12.0. The molecule has 0 atom stereocenters. The fourth-order valence-corrected chi connectivity index (χ4v) is 1.35. The minimum Gasteiger partial charge on any atom is -0.423 e. The molecule has 5 nitrogen and oxygen atoms in total. The first kappa shape index (κ1) is 18.5. The number of rotatable bonds is 8. The molecule has 0 aromatic carbocycles. The molecule has 0 saturated heterocycles. The Morgan fingerprint density at radius 2 is 2.05 bits per heavy atom. The van der Waals surface area contributed by atoms with Crippen molar-refractivity contribution in [2.45, 2.75) is 20.8 Å². The Morgan fingerprint density at radius 3 is 2.52 bits per heavy atom. The van der Waals surface area contributed by atoms with Gasteiger partial charge >= 0.3 is 0 Å². The zero-order valence-corrected chi connectivity index (χ0v) is 13.0. The minimum atomic E-state index is -0.356. The molecule has 0 spiro atoms. The van der Waals surface area contributed by atoms with Crippen molar-refractivity contribution in [3.8, 4) is 12.3 Å². The Balaban J connectivity index is 5.24. The van der Waals surface area contributed by atoms with Gasteiger partial charge in [-0.05, 0) is 38.5 Å². The lowest BCUT2D eigenvalue weighted by atomic mass is 10.2. The van der Waals surface area contributed by atoms with Crippen LogP contribution >= 0.6 is 0 Å². The highest BCUT2D eigenvalue weighted by molar-refractivity contribution is 5.92. The molecule has 0 aromatic rings. The first-order chi connectivity index (χ1) is 9.99. The van der Waals surface area contributed by atoms with E-state index in [-0.39, 0.29) is 18.1 Å². The van der Waals surface area contributed by atoms with E-state index in [1.807, 2.05) is 13.8 Å². The molecule has 1 N–H and O–H groups in total. The molecule has 0 fully saturated rings. The van der Waals surface area contributed by atoms with E-state index in [9.17, 15) is 9.59 Å². The second-order valence-corrected chi connectivity index (χ2v) is 4.21. The van der Waals surface area contributed by atoms with Crippen LogP contribution in [0.25, 0.3) is 0 Å². The highest BCUT2D eigenvalue weighted by Gasteiger charge is 2.14. The summed E-state index contributed by atoms with van der Waals surface area (Å²) in [5, 5.41) is 3.01. The lowest BCUT2D eigenvalue weighted by molar-refractivity contribution is -0.136. The zero-order chi connectivity index (χ0) is 16.3. The van der Waals surface area contributed by atoms with Crippen LogP contribution in [0.15, 0.2) is 35.3 Å². The second kappa shape index (κ2) is 10.3. The first-order valence-corrected chi connectivity index (χ1v) is 6.66. The van der Waals surface area contributed by atoms with Crippen molar-refractivity contribution in [2.24, 2.45) is 0 Å². The number of nitrogens with zero attached hydrogens (tertiary/aromatic N) is 1. The number of hydrogen-bond donors (Lipinski definition) is 1. The van der Waals surface area contributed by atoms with Crippen LogP contribution in [0.1, 0.15) is 20.8 Å². The van der Waals surface area contributed by atoms with Crippen molar-refractivity contribution >= 4 is 12.4 Å². The second-order valence-electron chi connectivity index (χ2n) is 4.21. The Hall–Kier alpha value is -2.48. The molecule has 0 aromatic heterocycles. The third kappa shape index (κ3) is 7.02. The quantitative estimate of drug-likeness (QED) is 0.242. The first-order valence-electron chi connectivity index (χ1n) is 6.66. The molecule has 0 radical (unpaired) electrons. The van der Waals surface area contributed by atoms with Gasteiger partial charge in [0.2, 0.25) is 0 Å². The van der Waals surface area contributed by atoms with E-state index >= 15 is 0 Å². The summed E-state index contributed by atoms with van der Waals surface area (Å²) in [5.41, 5.74) is 1.37. The summed E-state index contributed by atoms with van der Waals surface area (Å²) in [4.78, 5) is 23.9. The number of hydrogen-bond acceptors (Lipinski definition) is 4. The van der Waals surface area contributed by atoms with Gasteiger partial charge in [0.1, 0.15) is 0 Å². The van der Waals surface area contributed by atoms with Crippen LogP contribution in [-0.2, 0) is 14.3 Å². The monoisotopic (exact) mass is 290 g/mol. The van der Waals surface area contributed by atoms with Gasteiger partial charge < -0.3 is 15.0 Å².